The number of carbonyl (C=O) groups excluding carboxylic acids is 1. The van der Waals surface area contributed by atoms with E-state index in [1.165, 1.54) is 12.1 Å². The first-order valence-electron chi connectivity index (χ1n) is 9.03. The Hall–Kier alpha value is -2.98. The number of hydrogen-bond donors (Lipinski definition) is 2. The highest BCUT2D eigenvalue weighted by Crippen LogP contribution is 2.21. The van der Waals surface area contributed by atoms with E-state index in [0.29, 0.717) is 17.8 Å². The molecule has 1 aromatic heterocycles. The van der Waals surface area contributed by atoms with E-state index in [0.717, 1.165) is 29.2 Å². The molecular formula is C20H21FN4O3S2. The van der Waals surface area contributed by atoms with Gasteiger partial charge in [-0.2, -0.15) is 0 Å². The van der Waals surface area contributed by atoms with Gasteiger partial charge in [-0.05, 0) is 55.0 Å². The molecule has 158 valence electrons. The van der Waals surface area contributed by atoms with E-state index in [4.69, 9.17) is 0 Å². The summed E-state index contributed by atoms with van der Waals surface area (Å²) in [6.07, 6.45) is 0.583. The number of amides is 1. The van der Waals surface area contributed by atoms with Crippen LogP contribution in [0.15, 0.2) is 58.8 Å². The molecule has 7 nitrogen and oxygen atoms in total. The predicted octanol–water partition coefficient (Wildman–Crippen LogP) is 3.72. The predicted molar refractivity (Wildman–Crippen MR) is 117 cm³/mol. The number of sulfonamides is 1. The fourth-order valence-electron chi connectivity index (χ4n) is 2.56. The standard InChI is InChI=1S/C20H21FN4O3S2/c1-25(2)17-8-5-15(6-9-17)22-19(26)12-7-16-13-29-20(23-16)24-30(27,28)18-10-3-14(21)4-11-18/h3-6,8-11,13H,7,12H2,1-2H3,(H,22,26)(H,23,24). The Morgan fingerprint density at radius 2 is 1.77 bits per heavy atom. The molecule has 1 heterocycles. The molecule has 0 atom stereocenters. The third kappa shape index (κ3) is 5.77. The minimum atomic E-state index is -3.85. The van der Waals surface area contributed by atoms with Crippen LogP contribution in [0, 0.1) is 5.82 Å². The Bertz CT molecular complexity index is 1110. The summed E-state index contributed by atoms with van der Waals surface area (Å²) in [5.41, 5.74) is 2.35. The molecule has 30 heavy (non-hydrogen) atoms. The summed E-state index contributed by atoms with van der Waals surface area (Å²) < 4.78 is 40.0. The number of benzene rings is 2. The lowest BCUT2D eigenvalue weighted by atomic mass is 10.2. The van der Waals surface area contributed by atoms with E-state index < -0.39 is 15.8 Å². The summed E-state index contributed by atoms with van der Waals surface area (Å²) in [5, 5.41) is 4.71. The lowest BCUT2D eigenvalue weighted by Crippen LogP contribution is -2.14. The van der Waals surface area contributed by atoms with Crippen molar-refractivity contribution in [1.82, 2.24) is 4.98 Å². The van der Waals surface area contributed by atoms with Crippen LogP contribution in [0.3, 0.4) is 0 Å². The minimum absolute atomic E-state index is 0.0553. The Morgan fingerprint density at radius 3 is 2.40 bits per heavy atom. The number of nitrogens with zero attached hydrogens (tertiary/aromatic N) is 2. The second kappa shape index (κ2) is 9.23. The topological polar surface area (TPSA) is 91.4 Å². The summed E-state index contributed by atoms with van der Waals surface area (Å²) >= 11 is 1.12. The molecule has 0 radical (unpaired) electrons. The van der Waals surface area contributed by atoms with Gasteiger partial charge < -0.3 is 10.2 Å². The van der Waals surface area contributed by atoms with E-state index in [-0.39, 0.29) is 22.4 Å². The van der Waals surface area contributed by atoms with Crippen LogP contribution < -0.4 is 14.9 Å². The van der Waals surface area contributed by atoms with Crippen LogP contribution in [0.4, 0.5) is 20.9 Å². The molecular weight excluding hydrogens is 427 g/mol. The van der Waals surface area contributed by atoms with E-state index in [2.05, 4.69) is 15.0 Å². The van der Waals surface area contributed by atoms with Crippen molar-refractivity contribution in [1.29, 1.82) is 0 Å². The van der Waals surface area contributed by atoms with Gasteiger partial charge in [0.25, 0.3) is 10.0 Å². The number of aryl methyl sites for hydroxylation is 1. The van der Waals surface area contributed by atoms with Crippen LogP contribution in [-0.2, 0) is 21.2 Å². The molecule has 10 heteroatoms. The molecule has 0 aliphatic rings. The quantitative estimate of drug-likeness (QED) is 0.548. The Morgan fingerprint density at radius 1 is 1.10 bits per heavy atom. The highest BCUT2D eigenvalue weighted by molar-refractivity contribution is 7.93. The van der Waals surface area contributed by atoms with Crippen molar-refractivity contribution in [3.8, 4) is 0 Å². The molecule has 0 unspecified atom stereocenters. The number of halogens is 1. The Balaban J connectivity index is 1.53. The molecule has 0 bridgehead atoms. The Kier molecular flexibility index (Phi) is 6.68. The first-order chi connectivity index (χ1) is 14.2. The molecule has 2 N–H and O–H groups in total. The highest BCUT2D eigenvalue weighted by Gasteiger charge is 2.16. The number of nitrogens with one attached hydrogen (secondary N) is 2. The SMILES string of the molecule is CN(C)c1ccc(NC(=O)CCc2csc(NS(=O)(=O)c3ccc(F)cc3)n2)cc1. The second-order valence-corrected chi connectivity index (χ2v) is 9.23. The van der Waals surface area contributed by atoms with Crippen molar-refractivity contribution in [2.75, 3.05) is 29.0 Å². The molecule has 3 rings (SSSR count). The summed E-state index contributed by atoms with van der Waals surface area (Å²) in [6.45, 7) is 0. The van der Waals surface area contributed by atoms with Crippen LogP contribution in [0.25, 0.3) is 0 Å². The second-order valence-electron chi connectivity index (χ2n) is 6.69. The fraction of sp³-hybridized carbons (Fsp3) is 0.200. The third-order valence-electron chi connectivity index (χ3n) is 4.17. The Labute approximate surface area is 178 Å². The van der Waals surface area contributed by atoms with Crippen LogP contribution in [-0.4, -0.2) is 33.4 Å². The highest BCUT2D eigenvalue weighted by atomic mass is 32.2. The van der Waals surface area contributed by atoms with E-state index in [1.54, 1.807) is 5.38 Å². The van der Waals surface area contributed by atoms with Gasteiger partial charge in [-0.3, -0.25) is 9.52 Å². The number of aromatic nitrogens is 1. The smallest absolute Gasteiger partial charge is 0.263 e. The number of hydrogen-bond acceptors (Lipinski definition) is 6. The molecule has 0 aliphatic heterocycles. The fourth-order valence-corrected chi connectivity index (χ4v) is 4.56. The minimum Gasteiger partial charge on any atom is -0.378 e. The zero-order valence-electron chi connectivity index (χ0n) is 16.4. The zero-order chi connectivity index (χ0) is 21.7. The van der Waals surface area contributed by atoms with Gasteiger partial charge in [0, 0.05) is 37.3 Å². The lowest BCUT2D eigenvalue weighted by Gasteiger charge is -2.13. The molecule has 0 saturated carbocycles. The largest absolute Gasteiger partial charge is 0.378 e. The number of anilines is 3. The maximum atomic E-state index is 13.0. The van der Waals surface area contributed by atoms with E-state index in [9.17, 15) is 17.6 Å². The summed E-state index contributed by atoms with van der Waals surface area (Å²) in [5.74, 6) is -0.675. The van der Waals surface area contributed by atoms with Gasteiger partial charge in [-0.15, -0.1) is 11.3 Å². The maximum absolute atomic E-state index is 13.0. The van der Waals surface area contributed by atoms with Crippen molar-refractivity contribution >= 4 is 43.8 Å². The van der Waals surface area contributed by atoms with Gasteiger partial charge in [0.1, 0.15) is 5.82 Å². The molecule has 3 aromatic rings. The first-order valence-corrected chi connectivity index (χ1v) is 11.4. The van der Waals surface area contributed by atoms with Crippen molar-refractivity contribution in [3.63, 3.8) is 0 Å². The number of carbonyl (C=O) groups is 1. The van der Waals surface area contributed by atoms with Gasteiger partial charge in [-0.1, -0.05) is 0 Å². The van der Waals surface area contributed by atoms with Crippen molar-refractivity contribution < 1.29 is 17.6 Å². The average molecular weight is 449 g/mol. The number of thiazole rings is 1. The molecule has 2 aromatic carbocycles. The van der Waals surface area contributed by atoms with Gasteiger partial charge in [0.05, 0.1) is 10.6 Å². The molecule has 0 fully saturated rings. The van der Waals surface area contributed by atoms with Crippen LogP contribution in [0.1, 0.15) is 12.1 Å². The van der Waals surface area contributed by atoms with Crippen LogP contribution in [0.2, 0.25) is 0 Å². The van der Waals surface area contributed by atoms with Gasteiger partial charge in [0.15, 0.2) is 5.13 Å². The van der Waals surface area contributed by atoms with Crippen LogP contribution in [0.5, 0.6) is 0 Å². The van der Waals surface area contributed by atoms with Gasteiger partial charge in [-0.25, -0.2) is 17.8 Å². The normalized spacial score (nSPS) is 11.2. The monoisotopic (exact) mass is 448 g/mol. The van der Waals surface area contributed by atoms with Gasteiger partial charge >= 0.3 is 0 Å². The van der Waals surface area contributed by atoms with Crippen molar-refractivity contribution in [2.24, 2.45) is 0 Å². The first kappa shape index (κ1) is 21.7. The van der Waals surface area contributed by atoms with E-state index >= 15 is 0 Å². The summed E-state index contributed by atoms with van der Waals surface area (Å²) in [6, 6.07) is 12.0. The third-order valence-corrected chi connectivity index (χ3v) is 6.46. The average Bonchev–Trinajstić information content (AvgIpc) is 3.14. The van der Waals surface area contributed by atoms with Crippen molar-refractivity contribution in [3.05, 3.63) is 65.4 Å². The molecule has 0 aliphatic carbocycles. The zero-order valence-corrected chi connectivity index (χ0v) is 18.1. The van der Waals surface area contributed by atoms with Gasteiger partial charge in [0.2, 0.25) is 5.91 Å². The molecule has 0 spiro atoms. The summed E-state index contributed by atoms with van der Waals surface area (Å²) in [7, 11) is 0.0299. The summed E-state index contributed by atoms with van der Waals surface area (Å²) in [4.78, 5) is 18.3. The molecule has 0 saturated heterocycles. The maximum Gasteiger partial charge on any atom is 0.263 e. The molecule has 1 amide bonds. The van der Waals surface area contributed by atoms with E-state index in [1.807, 2.05) is 43.3 Å². The van der Waals surface area contributed by atoms with Crippen molar-refractivity contribution in [2.45, 2.75) is 17.7 Å². The van der Waals surface area contributed by atoms with Crippen LogP contribution >= 0.6 is 11.3 Å². The lowest BCUT2D eigenvalue weighted by molar-refractivity contribution is -0.116. The number of rotatable bonds is 8.